The van der Waals surface area contributed by atoms with Crippen molar-refractivity contribution in [2.45, 2.75) is 123 Å². The number of carboxylic acids is 1. The van der Waals surface area contributed by atoms with E-state index in [2.05, 4.69) is 24.5 Å². The van der Waals surface area contributed by atoms with Gasteiger partial charge in [0, 0.05) is 17.8 Å². The van der Waals surface area contributed by atoms with Crippen LogP contribution in [-0.4, -0.2) is 15.6 Å². The van der Waals surface area contributed by atoms with Crippen LogP contribution in [0.3, 0.4) is 0 Å². The van der Waals surface area contributed by atoms with Gasteiger partial charge in [-0.25, -0.2) is 4.79 Å². The minimum Gasteiger partial charge on any atom is -0.478 e. The molecule has 31 heavy (non-hydrogen) atoms. The second kappa shape index (κ2) is 15.1. The maximum atomic E-state index is 11.4. The fourth-order valence-electron chi connectivity index (χ4n) is 4.56. The lowest BCUT2D eigenvalue weighted by Crippen LogP contribution is -2.04. The predicted molar refractivity (Wildman–Crippen MR) is 133 cm³/mol. The number of fused-ring (bicyclic) bond motifs is 1. The molecule has 3 heteroatoms. The van der Waals surface area contributed by atoms with Crippen LogP contribution < -0.4 is 0 Å². The molecule has 1 aromatic carbocycles. The Morgan fingerprint density at radius 3 is 1.84 bits per heavy atom. The van der Waals surface area contributed by atoms with Gasteiger partial charge in [0.25, 0.3) is 0 Å². The third-order valence-corrected chi connectivity index (χ3v) is 6.51. The highest BCUT2D eigenvalue weighted by Crippen LogP contribution is 2.24. The Morgan fingerprint density at radius 1 is 0.742 bits per heavy atom. The number of hydrogen-bond acceptors (Lipinski definition) is 1. The van der Waals surface area contributed by atoms with Crippen molar-refractivity contribution in [1.82, 2.24) is 4.57 Å². The standard InChI is InChI=1S/C28H45NO2/c1-3-5-7-8-9-10-11-12-13-14-15-16-17-18-26-22-24-19-20-25(28(30)31)23-27(24)29(26)21-6-4-2/h19-20,22-23H,3-18,21H2,1-2H3,(H,30,31). The fourth-order valence-corrected chi connectivity index (χ4v) is 4.56. The molecule has 1 heterocycles. The van der Waals surface area contributed by atoms with E-state index in [-0.39, 0.29) is 0 Å². The third-order valence-electron chi connectivity index (χ3n) is 6.51. The lowest BCUT2D eigenvalue weighted by atomic mass is 10.0. The second-order valence-electron chi connectivity index (χ2n) is 9.21. The lowest BCUT2D eigenvalue weighted by molar-refractivity contribution is 0.0697. The van der Waals surface area contributed by atoms with Gasteiger partial charge < -0.3 is 9.67 Å². The van der Waals surface area contributed by atoms with Gasteiger partial charge in [0.1, 0.15) is 0 Å². The van der Waals surface area contributed by atoms with Crippen molar-refractivity contribution in [1.29, 1.82) is 0 Å². The summed E-state index contributed by atoms with van der Waals surface area (Å²) in [7, 11) is 0. The Hall–Kier alpha value is -1.77. The van der Waals surface area contributed by atoms with Crippen LogP contribution in [0, 0.1) is 0 Å². The van der Waals surface area contributed by atoms with Crippen molar-refractivity contribution < 1.29 is 9.90 Å². The fraction of sp³-hybridized carbons (Fsp3) is 0.679. The van der Waals surface area contributed by atoms with Crippen LogP contribution in [0.1, 0.15) is 126 Å². The van der Waals surface area contributed by atoms with Crippen molar-refractivity contribution >= 4 is 16.9 Å². The van der Waals surface area contributed by atoms with Gasteiger partial charge >= 0.3 is 5.97 Å². The molecule has 0 aliphatic carbocycles. The van der Waals surface area contributed by atoms with Crippen molar-refractivity contribution in [3.8, 4) is 0 Å². The molecule has 0 saturated heterocycles. The predicted octanol–water partition coefficient (Wildman–Crippen LogP) is 8.77. The first-order chi connectivity index (χ1) is 15.2. The van der Waals surface area contributed by atoms with Crippen LogP contribution in [0.15, 0.2) is 24.3 Å². The van der Waals surface area contributed by atoms with E-state index in [0.29, 0.717) is 5.56 Å². The van der Waals surface area contributed by atoms with Crippen LogP contribution in [0.2, 0.25) is 0 Å². The highest BCUT2D eigenvalue weighted by molar-refractivity contribution is 5.93. The smallest absolute Gasteiger partial charge is 0.335 e. The molecule has 1 aromatic heterocycles. The normalized spacial score (nSPS) is 11.4. The SMILES string of the molecule is CCCCCCCCCCCCCCCc1cc2ccc(C(=O)O)cc2n1CCCC. The number of hydrogen-bond donors (Lipinski definition) is 1. The molecule has 1 N–H and O–H groups in total. The average molecular weight is 428 g/mol. The van der Waals surface area contributed by atoms with Gasteiger partial charge in [-0.05, 0) is 42.8 Å². The largest absolute Gasteiger partial charge is 0.478 e. The van der Waals surface area contributed by atoms with Gasteiger partial charge in [0.15, 0.2) is 0 Å². The molecule has 0 bridgehead atoms. The Labute approximate surface area is 190 Å². The molecule has 0 spiro atoms. The summed E-state index contributed by atoms with van der Waals surface area (Å²) in [5, 5.41) is 10.5. The van der Waals surface area contributed by atoms with Crippen LogP contribution in [0.5, 0.6) is 0 Å². The molecule has 0 unspecified atom stereocenters. The number of carbonyl (C=O) groups is 1. The van der Waals surface area contributed by atoms with E-state index < -0.39 is 5.97 Å². The summed E-state index contributed by atoms with van der Waals surface area (Å²) in [6, 6.07) is 7.82. The van der Waals surface area contributed by atoms with E-state index in [4.69, 9.17) is 0 Å². The number of carboxylic acid groups (broad SMARTS) is 1. The lowest BCUT2D eigenvalue weighted by Gasteiger charge is -2.11. The van der Waals surface area contributed by atoms with Crippen LogP contribution in [0.25, 0.3) is 10.9 Å². The molecule has 0 radical (unpaired) electrons. The zero-order chi connectivity index (χ0) is 22.3. The van der Waals surface area contributed by atoms with Crippen LogP contribution in [-0.2, 0) is 13.0 Å². The zero-order valence-corrected chi connectivity index (χ0v) is 20.1. The summed E-state index contributed by atoms with van der Waals surface area (Å²) in [5.74, 6) is -0.844. The molecule has 0 saturated carbocycles. The van der Waals surface area contributed by atoms with E-state index in [1.165, 1.54) is 94.6 Å². The number of unbranched alkanes of at least 4 members (excludes halogenated alkanes) is 13. The van der Waals surface area contributed by atoms with Crippen LogP contribution >= 0.6 is 0 Å². The summed E-state index contributed by atoms with van der Waals surface area (Å²) in [6.45, 7) is 5.47. The van der Waals surface area contributed by atoms with E-state index in [1.807, 2.05) is 12.1 Å². The summed E-state index contributed by atoms with van der Waals surface area (Å²) in [6.07, 6.45) is 21.3. The summed E-state index contributed by atoms with van der Waals surface area (Å²) < 4.78 is 2.37. The van der Waals surface area contributed by atoms with Gasteiger partial charge in [-0.1, -0.05) is 103 Å². The van der Waals surface area contributed by atoms with Gasteiger partial charge in [0.2, 0.25) is 0 Å². The van der Waals surface area contributed by atoms with Crippen molar-refractivity contribution in [2.24, 2.45) is 0 Å². The number of aryl methyl sites for hydroxylation is 2. The molecule has 0 aliphatic heterocycles. The Bertz CT molecular complexity index is 762. The monoisotopic (exact) mass is 427 g/mol. The van der Waals surface area contributed by atoms with Gasteiger partial charge in [-0.15, -0.1) is 0 Å². The van der Waals surface area contributed by atoms with E-state index in [9.17, 15) is 9.90 Å². The van der Waals surface area contributed by atoms with E-state index in [1.54, 1.807) is 6.07 Å². The molecule has 3 nitrogen and oxygen atoms in total. The molecule has 0 aliphatic rings. The number of rotatable bonds is 18. The van der Waals surface area contributed by atoms with E-state index >= 15 is 0 Å². The number of benzene rings is 1. The van der Waals surface area contributed by atoms with Gasteiger partial charge in [0.05, 0.1) is 5.56 Å². The number of nitrogens with zero attached hydrogens (tertiary/aromatic N) is 1. The Kier molecular flexibility index (Phi) is 12.4. The van der Waals surface area contributed by atoms with E-state index in [0.717, 1.165) is 31.3 Å². The summed E-state index contributed by atoms with van der Waals surface area (Å²) in [5.41, 5.74) is 2.84. The Morgan fingerprint density at radius 2 is 1.29 bits per heavy atom. The number of aromatic carboxylic acids is 1. The minimum atomic E-state index is -0.844. The molecule has 174 valence electrons. The molecule has 2 aromatic rings. The molecular formula is C28H45NO2. The van der Waals surface area contributed by atoms with Crippen molar-refractivity contribution in [3.05, 3.63) is 35.5 Å². The maximum Gasteiger partial charge on any atom is 0.335 e. The quantitative estimate of drug-likeness (QED) is 0.241. The maximum absolute atomic E-state index is 11.4. The molecule has 0 atom stereocenters. The molecule has 0 fully saturated rings. The molecule has 2 rings (SSSR count). The minimum absolute atomic E-state index is 0.385. The molecular weight excluding hydrogens is 382 g/mol. The van der Waals surface area contributed by atoms with Crippen molar-refractivity contribution in [3.63, 3.8) is 0 Å². The first-order valence-corrected chi connectivity index (χ1v) is 13.0. The highest BCUT2D eigenvalue weighted by Gasteiger charge is 2.11. The third kappa shape index (κ3) is 9.09. The topological polar surface area (TPSA) is 42.2 Å². The van der Waals surface area contributed by atoms with Crippen LogP contribution in [0.4, 0.5) is 0 Å². The zero-order valence-electron chi connectivity index (χ0n) is 20.1. The highest BCUT2D eigenvalue weighted by atomic mass is 16.4. The second-order valence-corrected chi connectivity index (χ2v) is 9.21. The van der Waals surface area contributed by atoms with Gasteiger partial charge in [-0.2, -0.15) is 0 Å². The summed E-state index contributed by atoms with van der Waals surface area (Å²) in [4.78, 5) is 11.4. The average Bonchev–Trinajstić information content (AvgIpc) is 3.11. The Balaban J connectivity index is 1.69. The molecule has 0 amide bonds. The first kappa shape index (κ1) is 25.5. The van der Waals surface area contributed by atoms with Crippen molar-refractivity contribution in [2.75, 3.05) is 0 Å². The van der Waals surface area contributed by atoms with Gasteiger partial charge in [-0.3, -0.25) is 0 Å². The first-order valence-electron chi connectivity index (χ1n) is 13.0. The summed E-state index contributed by atoms with van der Waals surface area (Å²) >= 11 is 0. The number of aromatic nitrogens is 1.